The quantitative estimate of drug-likeness (QED) is 0.601. The number of benzene rings is 2. The maximum Gasteiger partial charge on any atom is 0.349 e. The van der Waals surface area contributed by atoms with Crippen molar-refractivity contribution >= 4 is 5.97 Å². The third-order valence-corrected chi connectivity index (χ3v) is 3.17. The molecule has 0 heterocycles. The van der Waals surface area contributed by atoms with Crippen molar-refractivity contribution in [2.24, 2.45) is 0 Å². The minimum atomic E-state index is -0.444. The lowest BCUT2D eigenvalue weighted by molar-refractivity contribution is -0.136. The first kappa shape index (κ1) is 15.9. The Kier molecular flexibility index (Phi) is 5.42. The molecule has 0 amide bonds. The van der Waals surface area contributed by atoms with Gasteiger partial charge in [-0.15, -0.1) is 0 Å². The minimum absolute atomic E-state index is 0.131. The largest absolute Gasteiger partial charge is 0.497 e. The number of carbonyl (C=O) groups is 1. The van der Waals surface area contributed by atoms with Crippen molar-refractivity contribution in [1.29, 1.82) is 0 Å². The van der Waals surface area contributed by atoms with E-state index in [4.69, 9.17) is 14.2 Å². The number of rotatable bonds is 6. The lowest BCUT2D eigenvalue weighted by atomic mass is 10.0. The minimum Gasteiger partial charge on any atom is -0.497 e. The standard InChI is InChI=1S/C18H20O4/c1-13(2)14-5-4-6-17(11-14)21-12-18(19)22-16-9-7-15(20-3)8-10-16/h4-11,13H,12H2,1-3H3. The van der Waals surface area contributed by atoms with E-state index in [0.29, 0.717) is 23.2 Å². The van der Waals surface area contributed by atoms with Gasteiger partial charge < -0.3 is 14.2 Å². The highest BCUT2D eigenvalue weighted by atomic mass is 16.6. The van der Waals surface area contributed by atoms with E-state index in [1.807, 2.05) is 24.3 Å². The third-order valence-electron chi connectivity index (χ3n) is 3.17. The zero-order valence-corrected chi connectivity index (χ0v) is 13.0. The van der Waals surface area contributed by atoms with Gasteiger partial charge in [-0.05, 0) is 47.9 Å². The highest BCUT2D eigenvalue weighted by molar-refractivity contribution is 5.74. The summed E-state index contributed by atoms with van der Waals surface area (Å²) >= 11 is 0. The first-order valence-electron chi connectivity index (χ1n) is 7.16. The summed E-state index contributed by atoms with van der Waals surface area (Å²) in [6.45, 7) is 4.09. The topological polar surface area (TPSA) is 44.8 Å². The fraction of sp³-hybridized carbons (Fsp3) is 0.278. The molecular weight excluding hydrogens is 280 g/mol. The lowest BCUT2D eigenvalue weighted by Crippen LogP contribution is -2.17. The first-order valence-corrected chi connectivity index (χ1v) is 7.16. The van der Waals surface area contributed by atoms with Crippen LogP contribution in [0.2, 0.25) is 0 Å². The maximum absolute atomic E-state index is 11.8. The van der Waals surface area contributed by atoms with Crippen LogP contribution in [-0.4, -0.2) is 19.7 Å². The second kappa shape index (κ2) is 7.50. The SMILES string of the molecule is COc1ccc(OC(=O)COc2cccc(C(C)C)c2)cc1. The molecule has 4 nitrogen and oxygen atoms in total. The van der Waals surface area contributed by atoms with Crippen molar-refractivity contribution in [1.82, 2.24) is 0 Å². The molecule has 2 aromatic rings. The van der Waals surface area contributed by atoms with Crippen LogP contribution in [0.4, 0.5) is 0 Å². The Morgan fingerprint density at radius 3 is 2.32 bits per heavy atom. The van der Waals surface area contributed by atoms with Crippen LogP contribution in [0, 0.1) is 0 Å². The van der Waals surface area contributed by atoms with E-state index in [0.717, 1.165) is 0 Å². The third kappa shape index (κ3) is 4.52. The van der Waals surface area contributed by atoms with Crippen molar-refractivity contribution in [2.45, 2.75) is 19.8 Å². The van der Waals surface area contributed by atoms with Gasteiger partial charge in [0.05, 0.1) is 7.11 Å². The maximum atomic E-state index is 11.8. The van der Waals surface area contributed by atoms with Gasteiger partial charge in [0.2, 0.25) is 0 Å². The number of esters is 1. The van der Waals surface area contributed by atoms with Crippen molar-refractivity contribution in [3.63, 3.8) is 0 Å². The Hall–Kier alpha value is -2.49. The van der Waals surface area contributed by atoms with Crippen molar-refractivity contribution in [3.05, 3.63) is 54.1 Å². The summed E-state index contributed by atoms with van der Waals surface area (Å²) < 4.78 is 15.7. The molecule has 0 N–H and O–H groups in total. The van der Waals surface area contributed by atoms with Gasteiger partial charge in [-0.3, -0.25) is 0 Å². The summed E-state index contributed by atoms with van der Waals surface area (Å²) in [6, 6.07) is 14.5. The molecule has 2 rings (SSSR count). The van der Waals surface area contributed by atoms with E-state index in [2.05, 4.69) is 13.8 Å². The number of hydrogen-bond donors (Lipinski definition) is 0. The average molecular weight is 300 g/mol. The predicted molar refractivity (Wildman–Crippen MR) is 84.7 cm³/mol. The van der Waals surface area contributed by atoms with Crippen LogP contribution in [0.15, 0.2) is 48.5 Å². The van der Waals surface area contributed by atoms with E-state index < -0.39 is 5.97 Å². The lowest BCUT2D eigenvalue weighted by Gasteiger charge is -2.10. The van der Waals surface area contributed by atoms with Crippen molar-refractivity contribution in [3.8, 4) is 17.2 Å². The van der Waals surface area contributed by atoms with E-state index in [-0.39, 0.29) is 6.61 Å². The first-order chi connectivity index (χ1) is 10.6. The van der Waals surface area contributed by atoms with E-state index >= 15 is 0 Å². The Labute approximate surface area is 130 Å². The van der Waals surface area contributed by atoms with Gasteiger partial charge in [-0.2, -0.15) is 0 Å². The van der Waals surface area contributed by atoms with Crippen molar-refractivity contribution < 1.29 is 19.0 Å². The molecule has 0 spiro atoms. The normalized spacial score (nSPS) is 10.4. The van der Waals surface area contributed by atoms with E-state index in [9.17, 15) is 4.79 Å². The van der Waals surface area contributed by atoms with Crippen LogP contribution in [-0.2, 0) is 4.79 Å². The number of hydrogen-bond acceptors (Lipinski definition) is 4. The molecule has 0 saturated heterocycles. The molecule has 116 valence electrons. The molecular formula is C18H20O4. The molecule has 0 aliphatic carbocycles. The highest BCUT2D eigenvalue weighted by Crippen LogP contribution is 2.20. The molecule has 0 aliphatic rings. The van der Waals surface area contributed by atoms with Gasteiger partial charge in [0.1, 0.15) is 17.2 Å². The second-order valence-corrected chi connectivity index (χ2v) is 5.17. The second-order valence-electron chi connectivity index (χ2n) is 5.17. The van der Waals surface area contributed by atoms with Gasteiger partial charge in [0, 0.05) is 0 Å². The summed E-state index contributed by atoms with van der Waals surface area (Å²) in [4.78, 5) is 11.8. The van der Waals surface area contributed by atoms with Gasteiger partial charge in [0.25, 0.3) is 0 Å². The highest BCUT2D eigenvalue weighted by Gasteiger charge is 2.07. The summed E-state index contributed by atoms with van der Waals surface area (Å²) in [5, 5.41) is 0. The van der Waals surface area contributed by atoms with Crippen LogP contribution in [0.5, 0.6) is 17.2 Å². The predicted octanol–water partition coefficient (Wildman–Crippen LogP) is 3.80. The fourth-order valence-electron chi connectivity index (χ4n) is 1.91. The molecule has 0 bridgehead atoms. The fourth-order valence-corrected chi connectivity index (χ4v) is 1.91. The van der Waals surface area contributed by atoms with E-state index in [1.165, 1.54) is 5.56 Å². The molecule has 4 heteroatoms. The molecule has 0 aliphatic heterocycles. The Morgan fingerprint density at radius 2 is 1.68 bits per heavy atom. The monoisotopic (exact) mass is 300 g/mol. The van der Waals surface area contributed by atoms with E-state index in [1.54, 1.807) is 31.4 Å². The Balaban J connectivity index is 1.88. The summed E-state index contributed by atoms with van der Waals surface area (Å²) in [5.74, 6) is 1.81. The zero-order valence-electron chi connectivity index (χ0n) is 13.0. The molecule has 0 atom stereocenters. The van der Waals surface area contributed by atoms with Crippen LogP contribution in [0.25, 0.3) is 0 Å². The molecule has 0 unspecified atom stereocenters. The molecule has 0 radical (unpaired) electrons. The van der Waals surface area contributed by atoms with Gasteiger partial charge >= 0.3 is 5.97 Å². The van der Waals surface area contributed by atoms with Crippen LogP contribution >= 0.6 is 0 Å². The van der Waals surface area contributed by atoms with Crippen molar-refractivity contribution in [2.75, 3.05) is 13.7 Å². The molecule has 2 aromatic carbocycles. The summed E-state index contributed by atoms with van der Waals surface area (Å²) in [7, 11) is 1.58. The zero-order chi connectivity index (χ0) is 15.9. The van der Waals surface area contributed by atoms with Crippen LogP contribution < -0.4 is 14.2 Å². The number of methoxy groups -OCH3 is 1. The Morgan fingerprint density at radius 1 is 1.00 bits per heavy atom. The number of ether oxygens (including phenoxy) is 3. The molecule has 0 saturated carbocycles. The van der Waals surface area contributed by atoms with Crippen LogP contribution in [0.1, 0.15) is 25.3 Å². The summed E-state index contributed by atoms with van der Waals surface area (Å²) in [6.07, 6.45) is 0. The summed E-state index contributed by atoms with van der Waals surface area (Å²) in [5.41, 5.74) is 1.17. The molecule has 0 aromatic heterocycles. The van der Waals surface area contributed by atoms with Gasteiger partial charge in [-0.1, -0.05) is 26.0 Å². The van der Waals surface area contributed by atoms with Crippen LogP contribution in [0.3, 0.4) is 0 Å². The number of carbonyl (C=O) groups excluding carboxylic acids is 1. The van der Waals surface area contributed by atoms with Gasteiger partial charge in [0.15, 0.2) is 6.61 Å². The molecule has 22 heavy (non-hydrogen) atoms. The van der Waals surface area contributed by atoms with Gasteiger partial charge in [-0.25, -0.2) is 4.79 Å². The average Bonchev–Trinajstić information content (AvgIpc) is 2.54. The smallest absolute Gasteiger partial charge is 0.349 e. The Bertz CT molecular complexity index is 617. The molecule has 0 fully saturated rings.